The molecule has 0 amide bonds. The van der Waals surface area contributed by atoms with Crippen molar-refractivity contribution < 1.29 is 0 Å². The summed E-state index contributed by atoms with van der Waals surface area (Å²) in [4.78, 5) is 15.3. The van der Waals surface area contributed by atoms with E-state index in [1.807, 2.05) is 28.0 Å². The van der Waals surface area contributed by atoms with Crippen molar-refractivity contribution in [3.8, 4) is 0 Å². The van der Waals surface area contributed by atoms with Crippen molar-refractivity contribution in [3.05, 3.63) is 49.6 Å². The summed E-state index contributed by atoms with van der Waals surface area (Å²) in [5.74, 6) is 1.77. The molecule has 4 heterocycles. The van der Waals surface area contributed by atoms with Gasteiger partial charge in [0.15, 0.2) is 5.82 Å². The highest BCUT2D eigenvalue weighted by molar-refractivity contribution is 5.74. The van der Waals surface area contributed by atoms with Gasteiger partial charge in [-0.15, -0.1) is 0 Å². The van der Waals surface area contributed by atoms with Gasteiger partial charge in [-0.2, -0.15) is 0 Å². The summed E-state index contributed by atoms with van der Waals surface area (Å²) in [7, 11) is 0. The van der Waals surface area contributed by atoms with Crippen LogP contribution in [0.15, 0.2) is 49.6 Å². The molecule has 7 heteroatoms. The monoisotopic (exact) mass is 323 g/mol. The Morgan fingerprint density at radius 3 is 2.58 bits per heavy atom. The highest BCUT2D eigenvalue weighted by Crippen LogP contribution is 2.28. The smallest absolute Gasteiger partial charge is 0.157 e. The van der Waals surface area contributed by atoms with Gasteiger partial charge < -0.3 is 9.47 Å². The molecule has 2 aliphatic heterocycles. The van der Waals surface area contributed by atoms with Crippen LogP contribution in [0.3, 0.4) is 0 Å². The van der Waals surface area contributed by atoms with Crippen LogP contribution in [0, 0.1) is 0 Å². The van der Waals surface area contributed by atoms with Gasteiger partial charge in [0.05, 0.1) is 17.7 Å². The number of hydrogen-bond acceptors (Lipinski definition) is 6. The van der Waals surface area contributed by atoms with Crippen molar-refractivity contribution >= 4 is 17.3 Å². The number of allylic oxidation sites excluding steroid dienone is 1. The van der Waals surface area contributed by atoms with Crippen LogP contribution in [0.25, 0.3) is 5.70 Å². The fraction of sp³-hybridized carbons (Fsp3) is 0.353. The molecule has 1 saturated heterocycles. The highest BCUT2D eigenvalue weighted by Gasteiger charge is 2.23. The fourth-order valence-corrected chi connectivity index (χ4v) is 3.16. The highest BCUT2D eigenvalue weighted by atomic mass is 15.6. The third-order valence-electron chi connectivity index (χ3n) is 4.48. The fourth-order valence-electron chi connectivity index (χ4n) is 3.16. The van der Waals surface area contributed by atoms with Crippen LogP contribution >= 0.6 is 0 Å². The molecule has 2 aromatic heterocycles. The maximum Gasteiger partial charge on any atom is 0.157 e. The first-order valence-electron chi connectivity index (χ1n) is 8.34. The molecule has 0 radical (unpaired) electrons. The lowest BCUT2D eigenvalue weighted by Crippen LogP contribution is -2.30. The van der Waals surface area contributed by atoms with Crippen LogP contribution in [-0.4, -0.2) is 32.6 Å². The molecular formula is C17H21N7. The molecule has 0 atom stereocenters. The van der Waals surface area contributed by atoms with Gasteiger partial charge >= 0.3 is 0 Å². The van der Waals surface area contributed by atoms with Crippen LogP contribution in [0.2, 0.25) is 0 Å². The molecule has 4 rings (SSSR count). The topological polar surface area (TPSA) is 62.1 Å². The minimum absolute atomic E-state index is 0.792. The number of imidazole rings is 1. The van der Waals surface area contributed by atoms with E-state index in [1.54, 1.807) is 18.9 Å². The molecule has 0 spiro atoms. The zero-order valence-electron chi connectivity index (χ0n) is 13.6. The van der Waals surface area contributed by atoms with E-state index in [9.17, 15) is 0 Å². The van der Waals surface area contributed by atoms with Crippen molar-refractivity contribution in [1.82, 2.24) is 24.9 Å². The predicted octanol–water partition coefficient (Wildman–Crippen LogP) is 2.39. The van der Waals surface area contributed by atoms with Crippen molar-refractivity contribution in [2.24, 2.45) is 0 Å². The third kappa shape index (κ3) is 2.73. The van der Waals surface area contributed by atoms with E-state index in [0.29, 0.717) is 0 Å². The SMILES string of the molecule is C=C1C(n2ccnc2)=CNN1c1cc(N2CCCCCC2)ncn1. The van der Waals surface area contributed by atoms with Crippen LogP contribution in [0.4, 0.5) is 11.6 Å². The normalized spacial score (nSPS) is 18.3. The Kier molecular flexibility index (Phi) is 3.90. The van der Waals surface area contributed by atoms with Gasteiger partial charge in [0.25, 0.3) is 0 Å². The standard InChI is InChI=1S/C17H21N7/c1-14-15(23-9-6-18-13-23)11-21-24(14)17-10-16(19-12-20-17)22-7-4-2-3-5-8-22/h6,9-13,21H,1-5,7-8H2. The molecule has 124 valence electrons. The molecule has 0 aliphatic carbocycles. The minimum Gasteiger partial charge on any atom is -0.356 e. The van der Waals surface area contributed by atoms with Gasteiger partial charge in [-0.25, -0.2) is 20.0 Å². The number of nitrogens with zero attached hydrogens (tertiary/aromatic N) is 6. The zero-order valence-corrected chi connectivity index (χ0v) is 13.6. The van der Waals surface area contributed by atoms with Crippen molar-refractivity contribution in [1.29, 1.82) is 0 Å². The van der Waals surface area contributed by atoms with Crippen molar-refractivity contribution in [2.45, 2.75) is 25.7 Å². The summed E-state index contributed by atoms with van der Waals surface area (Å²) < 4.78 is 1.92. The Balaban J connectivity index is 1.55. The molecule has 1 N–H and O–H groups in total. The van der Waals surface area contributed by atoms with Crippen molar-refractivity contribution in [3.63, 3.8) is 0 Å². The Bertz CT molecular complexity index is 742. The van der Waals surface area contributed by atoms with E-state index in [-0.39, 0.29) is 0 Å². The molecule has 7 nitrogen and oxygen atoms in total. The first-order chi connectivity index (χ1) is 11.8. The summed E-state index contributed by atoms with van der Waals surface area (Å²) in [6.07, 6.45) is 14.0. The largest absolute Gasteiger partial charge is 0.356 e. The first-order valence-corrected chi connectivity index (χ1v) is 8.34. The second-order valence-electron chi connectivity index (χ2n) is 6.05. The molecule has 24 heavy (non-hydrogen) atoms. The maximum atomic E-state index is 4.47. The molecular weight excluding hydrogens is 302 g/mol. The van der Waals surface area contributed by atoms with Crippen LogP contribution < -0.4 is 15.3 Å². The number of aromatic nitrogens is 4. The Morgan fingerprint density at radius 1 is 1.04 bits per heavy atom. The number of hydrogen-bond donors (Lipinski definition) is 1. The molecule has 0 aromatic carbocycles. The van der Waals surface area contributed by atoms with E-state index in [4.69, 9.17) is 0 Å². The zero-order chi connectivity index (χ0) is 16.4. The second kappa shape index (κ2) is 6.35. The maximum absolute atomic E-state index is 4.47. The summed E-state index contributed by atoms with van der Waals surface area (Å²) in [5.41, 5.74) is 4.99. The van der Waals surface area contributed by atoms with Gasteiger partial charge in [-0.3, -0.25) is 5.43 Å². The predicted molar refractivity (Wildman–Crippen MR) is 94.0 cm³/mol. The second-order valence-corrected chi connectivity index (χ2v) is 6.05. The Labute approximate surface area is 141 Å². The van der Waals surface area contributed by atoms with Crippen molar-refractivity contribution in [2.75, 3.05) is 23.0 Å². The Hall–Kier alpha value is -2.83. The average molecular weight is 323 g/mol. The molecule has 0 saturated carbocycles. The minimum atomic E-state index is 0.792. The molecule has 2 aliphatic rings. The van der Waals surface area contributed by atoms with Crippen LogP contribution in [-0.2, 0) is 0 Å². The Morgan fingerprint density at radius 2 is 1.83 bits per heavy atom. The van der Waals surface area contributed by atoms with E-state index in [0.717, 1.165) is 36.1 Å². The lowest BCUT2D eigenvalue weighted by molar-refractivity contribution is 0.726. The van der Waals surface area contributed by atoms with Gasteiger partial charge in [0, 0.05) is 37.7 Å². The molecule has 1 fully saturated rings. The van der Waals surface area contributed by atoms with E-state index >= 15 is 0 Å². The molecule has 0 bridgehead atoms. The lowest BCUT2D eigenvalue weighted by Gasteiger charge is -2.24. The van der Waals surface area contributed by atoms with Crippen LogP contribution in [0.5, 0.6) is 0 Å². The number of rotatable bonds is 3. The van der Waals surface area contributed by atoms with Gasteiger partial charge in [-0.1, -0.05) is 19.4 Å². The molecule has 2 aromatic rings. The summed E-state index contributed by atoms with van der Waals surface area (Å²) in [5, 5.41) is 1.87. The van der Waals surface area contributed by atoms with E-state index in [1.165, 1.54) is 25.7 Å². The van der Waals surface area contributed by atoms with E-state index < -0.39 is 0 Å². The number of nitrogens with one attached hydrogen (secondary N) is 1. The van der Waals surface area contributed by atoms with Gasteiger partial charge in [0.1, 0.15) is 12.1 Å². The summed E-state index contributed by atoms with van der Waals surface area (Å²) in [6, 6.07) is 2.02. The summed E-state index contributed by atoms with van der Waals surface area (Å²) in [6.45, 7) is 6.30. The average Bonchev–Trinajstić information content (AvgIpc) is 3.17. The third-order valence-corrected chi connectivity index (χ3v) is 4.48. The first kappa shape index (κ1) is 14.7. The van der Waals surface area contributed by atoms with E-state index in [2.05, 4.69) is 31.9 Å². The number of hydrazine groups is 1. The van der Waals surface area contributed by atoms with Gasteiger partial charge in [-0.05, 0) is 12.8 Å². The van der Waals surface area contributed by atoms with Crippen LogP contribution in [0.1, 0.15) is 25.7 Å². The lowest BCUT2D eigenvalue weighted by atomic mass is 10.2. The molecule has 0 unspecified atom stereocenters. The van der Waals surface area contributed by atoms with Gasteiger partial charge in [0.2, 0.25) is 0 Å². The summed E-state index contributed by atoms with van der Waals surface area (Å²) >= 11 is 0. The quantitative estimate of drug-likeness (QED) is 0.936. The number of anilines is 2.